The number of hydrogen-bond acceptors (Lipinski definition) is 3. The summed E-state index contributed by atoms with van der Waals surface area (Å²) in [5, 5.41) is 1.10. The van der Waals surface area contributed by atoms with E-state index in [4.69, 9.17) is 4.74 Å². The number of fused-ring (bicyclic) bond motifs is 1. The Hall–Kier alpha value is -0.870. The van der Waals surface area contributed by atoms with Gasteiger partial charge in [0.15, 0.2) is 0 Å². The van der Waals surface area contributed by atoms with Crippen molar-refractivity contribution in [3.05, 3.63) is 33.1 Å². The Kier molecular flexibility index (Phi) is 4.07. The number of ether oxygens (including phenoxy) is 1. The van der Waals surface area contributed by atoms with Gasteiger partial charge in [-0.15, -0.1) is 11.3 Å². The number of benzene rings is 1. The number of carbonyl (C=O) groups is 1. The molecule has 0 N–H and O–H groups in total. The first-order chi connectivity index (χ1) is 8.52. The average Bonchev–Trinajstić information content (AvgIpc) is 2.73. The summed E-state index contributed by atoms with van der Waals surface area (Å²) in [5.41, 5.74) is 1.27. The average molecular weight is 327 g/mol. The van der Waals surface area contributed by atoms with E-state index in [1.54, 1.807) is 0 Å². The molecular weight excluding hydrogens is 312 g/mol. The molecule has 1 heterocycles. The molecule has 1 aromatic heterocycles. The first kappa shape index (κ1) is 13.6. The van der Waals surface area contributed by atoms with Crippen LogP contribution in [0.1, 0.15) is 41.9 Å². The molecule has 1 aromatic carbocycles. The Morgan fingerprint density at radius 2 is 2.11 bits per heavy atom. The summed E-state index contributed by atoms with van der Waals surface area (Å²) in [4.78, 5) is 12.4. The maximum atomic E-state index is 11.7. The highest BCUT2D eigenvalue weighted by atomic mass is 79.9. The summed E-state index contributed by atoms with van der Waals surface area (Å²) < 4.78 is 7.18. The number of rotatable bonds is 3. The third kappa shape index (κ3) is 2.59. The Morgan fingerprint density at radius 1 is 1.39 bits per heavy atom. The van der Waals surface area contributed by atoms with Crippen molar-refractivity contribution in [2.75, 3.05) is 6.61 Å². The third-order valence-corrected chi connectivity index (χ3v) is 4.79. The van der Waals surface area contributed by atoms with E-state index in [1.807, 2.05) is 13.0 Å². The number of thiophene rings is 1. The lowest BCUT2D eigenvalue weighted by Crippen LogP contribution is -2.01. The minimum atomic E-state index is -0.239. The van der Waals surface area contributed by atoms with Crippen LogP contribution in [0.2, 0.25) is 0 Å². The standard InChI is InChI=1S/C14H15BrO2S/c1-4-17-14(16)12-7-10-5-9(8(2)3)6-11(15)13(10)18-12/h5-8H,4H2,1-3H3. The van der Waals surface area contributed by atoms with Crippen molar-refractivity contribution < 1.29 is 9.53 Å². The van der Waals surface area contributed by atoms with Crippen LogP contribution in [-0.4, -0.2) is 12.6 Å². The van der Waals surface area contributed by atoms with E-state index >= 15 is 0 Å². The predicted molar refractivity (Wildman–Crippen MR) is 79.6 cm³/mol. The molecule has 0 bridgehead atoms. The van der Waals surface area contributed by atoms with Gasteiger partial charge in [0.05, 0.1) is 6.61 Å². The van der Waals surface area contributed by atoms with E-state index in [9.17, 15) is 4.79 Å². The molecule has 0 aliphatic rings. The zero-order valence-corrected chi connectivity index (χ0v) is 13.0. The van der Waals surface area contributed by atoms with Gasteiger partial charge in [-0.25, -0.2) is 4.79 Å². The highest BCUT2D eigenvalue weighted by Gasteiger charge is 2.14. The number of hydrogen-bond donors (Lipinski definition) is 0. The molecule has 0 aliphatic heterocycles. The highest BCUT2D eigenvalue weighted by molar-refractivity contribution is 9.10. The molecule has 0 aliphatic carbocycles. The maximum Gasteiger partial charge on any atom is 0.348 e. The SMILES string of the molecule is CCOC(=O)c1cc2cc(C(C)C)cc(Br)c2s1. The first-order valence-corrected chi connectivity index (χ1v) is 7.54. The van der Waals surface area contributed by atoms with Gasteiger partial charge in [-0.3, -0.25) is 0 Å². The van der Waals surface area contributed by atoms with Gasteiger partial charge in [0, 0.05) is 9.17 Å². The van der Waals surface area contributed by atoms with Crippen LogP contribution in [-0.2, 0) is 4.74 Å². The first-order valence-electron chi connectivity index (χ1n) is 5.93. The fourth-order valence-corrected chi connectivity index (χ4v) is 3.44. The molecule has 0 saturated heterocycles. The van der Waals surface area contributed by atoms with E-state index in [-0.39, 0.29) is 5.97 Å². The number of halogens is 1. The Balaban J connectivity index is 2.50. The second kappa shape index (κ2) is 5.41. The van der Waals surface area contributed by atoms with E-state index in [0.29, 0.717) is 17.4 Å². The molecule has 2 aromatic rings. The number of esters is 1. The fourth-order valence-electron chi connectivity index (χ4n) is 1.77. The molecule has 0 unspecified atom stereocenters. The summed E-state index contributed by atoms with van der Waals surface area (Å²) in [6.45, 7) is 6.54. The monoisotopic (exact) mass is 326 g/mol. The van der Waals surface area contributed by atoms with Crippen LogP contribution in [0.4, 0.5) is 0 Å². The van der Waals surface area contributed by atoms with Gasteiger partial charge in [-0.1, -0.05) is 13.8 Å². The van der Waals surface area contributed by atoms with Gasteiger partial charge in [0.2, 0.25) is 0 Å². The Labute approximate surface area is 119 Å². The van der Waals surface area contributed by atoms with E-state index in [2.05, 4.69) is 41.9 Å². The molecule has 0 atom stereocenters. The summed E-state index contributed by atoms with van der Waals surface area (Å²) in [6, 6.07) is 6.18. The summed E-state index contributed by atoms with van der Waals surface area (Å²) in [7, 11) is 0. The lowest BCUT2D eigenvalue weighted by Gasteiger charge is -2.06. The summed E-state index contributed by atoms with van der Waals surface area (Å²) in [6.07, 6.45) is 0. The van der Waals surface area contributed by atoms with Crippen LogP contribution in [0.15, 0.2) is 22.7 Å². The van der Waals surface area contributed by atoms with Gasteiger partial charge in [0.25, 0.3) is 0 Å². The third-order valence-electron chi connectivity index (χ3n) is 2.74. The predicted octanol–water partition coefficient (Wildman–Crippen LogP) is 4.96. The largest absolute Gasteiger partial charge is 0.462 e. The van der Waals surface area contributed by atoms with Crippen molar-refractivity contribution in [3.63, 3.8) is 0 Å². The normalized spacial score (nSPS) is 11.2. The Morgan fingerprint density at radius 3 is 2.72 bits per heavy atom. The van der Waals surface area contributed by atoms with Crippen molar-refractivity contribution >= 4 is 43.3 Å². The minimum Gasteiger partial charge on any atom is -0.462 e. The second-order valence-corrected chi connectivity index (χ2v) is 6.31. The fraction of sp³-hybridized carbons (Fsp3) is 0.357. The van der Waals surface area contributed by atoms with Gasteiger partial charge in [-0.2, -0.15) is 0 Å². The van der Waals surface area contributed by atoms with Crippen LogP contribution < -0.4 is 0 Å². The molecule has 18 heavy (non-hydrogen) atoms. The topological polar surface area (TPSA) is 26.3 Å². The van der Waals surface area contributed by atoms with Gasteiger partial charge in [0.1, 0.15) is 4.88 Å². The van der Waals surface area contributed by atoms with E-state index in [1.165, 1.54) is 16.9 Å². The highest BCUT2D eigenvalue weighted by Crippen LogP contribution is 2.35. The molecule has 2 nitrogen and oxygen atoms in total. The zero-order chi connectivity index (χ0) is 13.3. The van der Waals surface area contributed by atoms with Crippen molar-refractivity contribution in [2.24, 2.45) is 0 Å². The smallest absolute Gasteiger partial charge is 0.348 e. The van der Waals surface area contributed by atoms with Gasteiger partial charge in [-0.05, 0) is 57.9 Å². The van der Waals surface area contributed by atoms with Crippen LogP contribution in [0.3, 0.4) is 0 Å². The van der Waals surface area contributed by atoms with Crippen molar-refractivity contribution in [1.82, 2.24) is 0 Å². The van der Waals surface area contributed by atoms with Crippen molar-refractivity contribution in [3.8, 4) is 0 Å². The molecule has 0 amide bonds. The number of carbonyl (C=O) groups excluding carboxylic acids is 1. The van der Waals surface area contributed by atoms with Crippen molar-refractivity contribution in [1.29, 1.82) is 0 Å². The molecular formula is C14H15BrO2S. The van der Waals surface area contributed by atoms with Gasteiger partial charge < -0.3 is 4.74 Å². The molecule has 96 valence electrons. The summed E-state index contributed by atoms with van der Waals surface area (Å²) >= 11 is 5.05. The van der Waals surface area contributed by atoms with Crippen LogP contribution in [0.5, 0.6) is 0 Å². The van der Waals surface area contributed by atoms with Crippen LogP contribution in [0.25, 0.3) is 10.1 Å². The molecule has 0 radical (unpaired) electrons. The molecule has 4 heteroatoms. The second-order valence-electron chi connectivity index (χ2n) is 4.41. The van der Waals surface area contributed by atoms with E-state index < -0.39 is 0 Å². The zero-order valence-electron chi connectivity index (χ0n) is 10.6. The Bertz CT molecular complexity index is 587. The molecule has 0 saturated carbocycles. The quantitative estimate of drug-likeness (QED) is 0.745. The van der Waals surface area contributed by atoms with Crippen molar-refractivity contribution in [2.45, 2.75) is 26.7 Å². The van der Waals surface area contributed by atoms with Gasteiger partial charge >= 0.3 is 5.97 Å². The molecule has 0 fully saturated rings. The van der Waals surface area contributed by atoms with Crippen LogP contribution in [0, 0.1) is 0 Å². The lowest BCUT2D eigenvalue weighted by atomic mass is 10.0. The minimum absolute atomic E-state index is 0.239. The van der Waals surface area contributed by atoms with E-state index in [0.717, 1.165) is 14.6 Å². The molecule has 2 rings (SSSR count). The molecule has 0 spiro atoms. The van der Waals surface area contributed by atoms with Crippen LogP contribution >= 0.6 is 27.3 Å². The summed E-state index contributed by atoms with van der Waals surface area (Å²) in [5.74, 6) is 0.230. The lowest BCUT2D eigenvalue weighted by molar-refractivity contribution is 0.0532. The maximum absolute atomic E-state index is 11.7.